The molecule has 0 fully saturated rings. The molecule has 0 aliphatic carbocycles. The van der Waals surface area contributed by atoms with Crippen LogP contribution in [0.3, 0.4) is 0 Å². The Bertz CT molecular complexity index is 1360. The first kappa shape index (κ1) is 24.3. The Morgan fingerprint density at radius 1 is 1.11 bits per heavy atom. The summed E-state index contributed by atoms with van der Waals surface area (Å²) in [5, 5.41) is 3.34. The second-order valence-corrected chi connectivity index (χ2v) is 7.88. The third-order valence-electron chi connectivity index (χ3n) is 5.18. The highest BCUT2D eigenvalue weighted by molar-refractivity contribution is 6.32. The Kier molecular flexibility index (Phi) is 7.07. The summed E-state index contributed by atoms with van der Waals surface area (Å²) in [5.74, 6) is 0.335. The van der Waals surface area contributed by atoms with Crippen LogP contribution in [0.25, 0.3) is 22.2 Å². The van der Waals surface area contributed by atoms with Crippen LogP contribution in [-0.4, -0.2) is 31.2 Å². The lowest BCUT2D eigenvalue weighted by molar-refractivity contribution is -0.364. The van der Waals surface area contributed by atoms with Gasteiger partial charge in [0.2, 0.25) is 0 Å². The number of carbonyl (C=O) groups excluding carboxylic acids is 1. The van der Waals surface area contributed by atoms with Crippen molar-refractivity contribution in [1.29, 1.82) is 0 Å². The van der Waals surface area contributed by atoms with Gasteiger partial charge >= 0.3 is 12.1 Å². The summed E-state index contributed by atoms with van der Waals surface area (Å²) in [4.78, 5) is 20.0. The highest BCUT2D eigenvalue weighted by atomic mass is 35.5. The van der Waals surface area contributed by atoms with Gasteiger partial charge in [0.1, 0.15) is 30.1 Å². The number of aromatic nitrogens is 2. The zero-order valence-corrected chi connectivity index (χ0v) is 19.2. The van der Waals surface area contributed by atoms with Gasteiger partial charge in [-0.1, -0.05) is 29.8 Å². The van der Waals surface area contributed by atoms with Gasteiger partial charge in [-0.15, -0.1) is 0 Å². The molecule has 10 heteroatoms. The topological polar surface area (TPSA) is 74.6 Å². The van der Waals surface area contributed by atoms with Crippen molar-refractivity contribution in [2.75, 3.05) is 25.6 Å². The number of hydrogen-bond donors (Lipinski definition) is 1. The van der Waals surface area contributed by atoms with E-state index in [4.69, 9.17) is 21.1 Å². The second-order valence-electron chi connectivity index (χ2n) is 7.47. The van der Waals surface area contributed by atoms with E-state index in [1.807, 2.05) is 24.3 Å². The van der Waals surface area contributed by atoms with Gasteiger partial charge in [0.25, 0.3) is 5.82 Å². The number of esters is 1. The van der Waals surface area contributed by atoms with Gasteiger partial charge < -0.3 is 9.47 Å². The Balaban J connectivity index is 1.47. The number of fused-ring (bicyclic) bond motifs is 1. The number of H-pyrrole nitrogens is 1. The van der Waals surface area contributed by atoms with E-state index in [0.29, 0.717) is 27.9 Å². The maximum atomic E-state index is 12.9. The molecule has 0 spiro atoms. The fourth-order valence-electron chi connectivity index (χ4n) is 3.42. The number of carbonyl (C=O) groups is 1. The van der Waals surface area contributed by atoms with E-state index in [1.54, 1.807) is 37.4 Å². The lowest BCUT2D eigenvalue weighted by Crippen LogP contribution is -2.21. The quantitative estimate of drug-likeness (QED) is 0.260. The van der Waals surface area contributed by atoms with Gasteiger partial charge in [0, 0.05) is 10.9 Å². The maximum Gasteiger partial charge on any atom is 0.419 e. The van der Waals surface area contributed by atoms with Crippen LogP contribution in [0.4, 0.5) is 19.0 Å². The molecular weight excluding hydrogens is 483 g/mol. The normalized spacial score (nSPS) is 11.3. The fraction of sp³-hybridized carbons (Fsp3) is 0.160. The number of para-hydroxylation sites is 1. The average molecular weight is 503 g/mol. The van der Waals surface area contributed by atoms with Crippen LogP contribution in [-0.2, 0) is 10.9 Å². The number of ether oxygens (including phenoxy) is 2. The molecule has 6 nitrogen and oxygen atoms in total. The molecule has 35 heavy (non-hydrogen) atoms. The number of hydrogen-bond acceptors (Lipinski definition) is 5. The van der Waals surface area contributed by atoms with Crippen LogP contribution >= 0.6 is 11.6 Å². The third-order valence-corrected chi connectivity index (χ3v) is 5.48. The molecular formula is C25H20ClF3N3O3+. The van der Waals surface area contributed by atoms with Crippen molar-refractivity contribution in [3.05, 3.63) is 83.0 Å². The van der Waals surface area contributed by atoms with E-state index in [9.17, 15) is 18.0 Å². The predicted molar refractivity (Wildman–Crippen MR) is 126 cm³/mol. The smallest absolute Gasteiger partial charge is 0.419 e. The second kappa shape index (κ2) is 10.2. The zero-order valence-electron chi connectivity index (χ0n) is 18.4. The van der Waals surface area contributed by atoms with Crippen LogP contribution < -0.4 is 15.0 Å². The summed E-state index contributed by atoms with van der Waals surface area (Å²) in [6.45, 7) is 0.0836. The number of nitrogens with zero attached hydrogens (tertiary/aromatic N) is 1. The van der Waals surface area contributed by atoms with Crippen molar-refractivity contribution in [2.24, 2.45) is 0 Å². The van der Waals surface area contributed by atoms with Crippen LogP contribution in [0.15, 0.2) is 66.9 Å². The van der Waals surface area contributed by atoms with Crippen LogP contribution in [0.2, 0.25) is 5.02 Å². The molecule has 0 saturated carbocycles. The average Bonchev–Trinajstić information content (AvgIpc) is 2.86. The minimum absolute atomic E-state index is 0.0431. The van der Waals surface area contributed by atoms with Crippen molar-refractivity contribution in [3.63, 3.8) is 0 Å². The predicted octanol–water partition coefficient (Wildman–Crippen LogP) is 5.67. The number of nitrogens with one attached hydrogen (secondary N) is 2. The molecule has 0 aliphatic heterocycles. The summed E-state index contributed by atoms with van der Waals surface area (Å²) in [5.41, 5.74) is 1.50. The molecule has 2 aromatic heterocycles. The number of pyridine rings is 2. The Labute approximate surface area is 203 Å². The first-order valence-electron chi connectivity index (χ1n) is 10.5. The zero-order chi connectivity index (χ0) is 25.0. The summed E-state index contributed by atoms with van der Waals surface area (Å²) in [7, 11) is 1.58. The number of alkyl halides is 3. The van der Waals surface area contributed by atoms with E-state index >= 15 is 0 Å². The first-order chi connectivity index (χ1) is 16.8. The van der Waals surface area contributed by atoms with E-state index in [2.05, 4.69) is 15.3 Å². The number of methoxy groups -OCH3 is 1. The minimum atomic E-state index is -4.51. The largest absolute Gasteiger partial charge is 0.497 e. The summed E-state index contributed by atoms with van der Waals surface area (Å²) in [6, 6.07) is 17.0. The molecule has 4 aromatic rings. The highest BCUT2D eigenvalue weighted by Crippen LogP contribution is 2.31. The number of anilines is 1. The number of rotatable bonds is 7. The standard InChI is InChI=1S/C25H19ClF3N3O3/c1-34-17-8-6-15(7-9-17)22-13-19(18-4-2-3-5-21(18)32-22)24(33)35-11-10-30-23-20(26)12-16(14-31-23)25(27,28)29/h2-9,12-14H,10-11H2,1H3,(H,30,31)/p+1. The number of halogens is 4. The van der Waals surface area contributed by atoms with Gasteiger partial charge in [-0.05, 0) is 42.5 Å². The van der Waals surface area contributed by atoms with Gasteiger partial charge in [-0.25, -0.2) is 14.8 Å². The monoisotopic (exact) mass is 502 g/mol. The summed E-state index contributed by atoms with van der Waals surface area (Å²) < 4.78 is 48.9. The van der Waals surface area contributed by atoms with Gasteiger partial charge in [-0.2, -0.15) is 13.2 Å². The Morgan fingerprint density at radius 3 is 2.54 bits per heavy atom. The van der Waals surface area contributed by atoms with E-state index in [1.165, 1.54) is 0 Å². The van der Waals surface area contributed by atoms with Gasteiger partial charge in [0.15, 0.2) is 0 Å². The minimum Gasteiger partial charge on any atom is -0.497 e. The molecule has 2 aromatic carbocycles. The lowest BCUT2D eigenvalue weighted by Gasteiger charge is -2.10. The Morgan fingerprint density at radius 2 is 1.86 bits per heavy atom. The molecule has 0 atom stereocenters. The highest BCUT2D eigenvalue weighted by Gasteiger charge is 2.32. The molecule has 0 radical (unpaired) electrons. The van der Waals surface area contributed by atoms with Crippen LogP contribution in [0.5, 0.6) is 5.75 Å². The lowest BCUT2D eigenvalue weighted by atomic mass is 10.0. The molecule has 2 N–H and O–H groups in total. The fourth-order valence-corrected chi connectivity index (χ4v) is 3.66. The van der Waals surface area contributed by atoms with Crippen LogP contribution in [0, 0.1) is 0 Å². The van der Waals surface area contributed by atoms with E-state index in [0.717, 1.165) is 17.8 Å². The maximum absolute atomic E-state index is 12.9. The first-order valence-corrected chi connectivity index (χ1v) is 10.9. The van der Waals surface area contributed by atoms with Crippen LogP contribution in [0.1, 0.15) is 15.9 Å². The van der Waals surface area contributed by atoms with Gasteiger partial charge in [0.05, 0.1) is 29.4 Å². The summed E-state index contributed by atoms with van der Waals surface area (Å²) >= 11 is 5.92. The molecule has 0 saturated heterocycles. The molecule has 0 unspecified atom stereocenters. The number of benzene rings is 2. The molecule has 0 amide bonds. The molecule has 0 bridgehead atoms. The van der Waals surface area contributed by atoms with Crippen molar-refractivity contribution in [1.82, 2.24) is 4.98 Å². The van der Waals surface area contributed by atoms with E-state index < -0.39 is 17.7 Å². The molecule has 2 heterocycles. The molecule has 0 aliphatic rings. The Hall–Kier alpha value is -3.85. The molecule has 4 rings (SSSR count). The third kappa shape index (κ3) is 5.63. The molecule has 180 valence electrons. The number of aromatic amines is 1. The van der Waals surface area contributed by atoms with Crippen molar-refractivity contribution in [3.8, 4) is 17.0 Å². The van der Waals surface area contributed by atoms with E-state index in [-0.39, 0.29) is 24.0 Å². The van der Waals surface area contributed by atoms with Crippen molar-refractivity contribution in [2.45, 2.75) is 6.18 Å². The van der Waals surface area contributed by atoms with Crippen molar-refractivity contribution < 1.29 is 32.4 Å². The summed E-state index contributed by atoms with van der Waals surface area (Å²) in [6.07, 6.45) is -3.70. The van der Waals surface area contributed by atoms with Gasteiger partial charge in [-0.3, -0.25) is 5.32 Å². The van der Waals surface area contributed by atoms with Crippen molar-refractivity contribution >= 4 is 34.3 Å². The SMILES string of the molecule is COc1ccc(-c2cc(C(=O)OCCNc3[nH+]cc(C(F)(F)F)cc3Cl)c3ccccc3n2)cc1.